The highest BCUT2D eigenvalue weighted by Crippen LogP contribution is 2.43. The fourth-order valence-corrected chi connectivity index (χ4v) is 3.30. The summed E-state index contributed by atoms with van der Waals surface area (Å²) in [5.74, 6) is 0.915. The van der Waals surface area contributed by atoms with Crippen molar-refractivity contribution in [3.63, 3.8) is 0 Å². The number of fused-ring (bicyclic) bond motifs is 1. The Balaban J connectivity index is 2.29. The SMILES string of the molecule is CC(=O)Oc1c(C)c(C)c2c(c1C)CCC(C)(C(=O)NCC(C)N(C)C)O2. The third-order valence-electron chi connectivity index (χ3n) is 5.66. The van der Waals surface area contributed by atoms with Gasteiger partial charge in [0.15, 0.2) is 5.60 Å². The van der Waals surface area contributed by atoms with Crippen molar-refractivity contribution < 1.29 is 19.1 Å². The Bertz CT molecular complexity index is 757. The van der Waals surface area contributed by atoms with Gasteiger partial charge in [-0.05, 0) is 71.8 Å². The van der Waals surface area contributed by atoms with Crippen LogP contribution in [0.5, 0.6) is 11.5 Å². The van der Waals surface area contributed by atoms with Crippen LogP contribution in [0.1, 0.15) is 49.4 Å². The summed E-state index contributed by atoms with van der Waals surface area (Å²) in [5, 5.41) is 3.02. The molecule has 6 nitrogen and oxygen atoms in total. The summed E-state index contributed by atoms with van der Waals surface area (Å²) in [5.41, 5.74) is 2.79. The molecule has 0 radical (unpaired) electrons. The Labute approximate surface area is 162 Å². The minimum atomic E-state index is -0.911. The van der Waals surface area contributed by atoms with Crippen LogP contribution in [0.25, 0.3) is 0 Å². The third-order valence-corrected chi connectivity index (χ3v) is 5.66. The molecule has 27 heavy (non-hydrogen) atoms. The number of hydrogen-bond donors (Lipinski definition) is 1. The van der Waals surface area contributed by atoms with Crippen molar-refractivity contribution in [2.45, 2.75) is 66.0 Å². The van der Waals surface area contributed by atoms with Crippen LogP contribution in [0.2, 0.25) is 0 Å². The molecular weight excluding hydrogens is 344 g/mol. The lowest BCUT2D eigenvalue weighted by Crippen LogP contribution is -2.53. The maximum Gasteiger partial charge on any atom is 0.308 e. The van der Waals surface area contributed by atoms with Crippen molar-refractivity contribution in [2.75, 3.05) is 20.6 Å². The predicted molar refractivity (Wildman–Crippen MR) is 105 cm³/mol. The van der Waals surface area contributed by atoms with E-state index in [9.17, 15) is 9.59 Å². The minimum absolute atomic E-state index is 0.0966. The maximum absolute atomic E-state index is 12.8. The molecule has 1 aromatic rings. The number of benzene rings is 1. The van der Waals surface area contributed by atoms with Gasteiger partial charge in [0, 0.05) is 31.5 Å². The van der Waals surface area contributed by atoms with Gasteiger partial charge in [-0.3, -0.25) is 9.59 Å². The molecule has 1 aliphatic heterocycles. The van der Waals surface area contributed by atoms with Crippen LogP contribution in [-0.4, -0.2) is 49.1 Å². The van der Waals surface area contributed by atoms with E-state index in [1.54, 1.807) is 0 Å². The lowest BCUT2D eigenvalue weighted by molar-refractivity contribution is -0.137. The smallest absolute Gasteiger partial charge is 0.308 e. The summed E-state index contributed by atoms with van der Waals surface area (Å²) >= 11 is 0. The summed E-state index contributed by atoms with van der Waals surface area (Å²) < 4.78 is 11.7. The topological polar surface area (TPSA) is 67.9 Å². The molecule has 2 unspecified atom stereocenters. The maximum atomic E-state index is 12.8. The van der Waals surface area contributed by atoms with Crippen LogP contribution >= 0.6 is 0 Å². The Morgan fingerprint density at radius 3 is 2.41 bits per heavy atom. The highest BCUT2D eigenvalue weighted by Gasteiger charge is 2.41. The van der Waals surface area contributed by atoms with E-state index in [0.717, 1.165) is 28.0 Å². The van der Waals surface area contributed by atoms with Gasteiger partial charge in [0.05, 0.1) is 0 Å². The molecule has 2 atom stereocenters. The second-order valence-corrected chi connectivity index (χ2v) is 7.96. The van der Waals surface area contributed by atoms with E-state index >= 15 is 0 Å². The van der Waals surface area contributed by atoms with Gasteiger partial charge in [0.25, 0.3) is 5.91 Å². The largest absolute Gasteiger partial charge is 0.477 e. The normalized spacial score (nSPS) is 19.9. The molecule has 1 amide bonds. The molecule has 2 rings (SSSR count). The van der Waals surface area contributed by atoms with Crippen LogP contribution < -0.4 is 14.8 Å². The van der Waals surface area contributed by atoms with Gasteiger partial charge < -0.3 is 19.7 Å². The molecule has 0 saturated heterocycles. The molecule has 150 valence electrons. The number of nitrogens with zero attached hydrogens (tertiary/aromatic N) is 1. The van der Waals surface area contributed by atoms with Crippen molar-refractivity contribution in [2.24, 2.45) is 0 Å². The molecule has 0 aliphatic carbocycles. The highest BCUT2D eigenvalue weighted by atomic mass is 16.5. The number of ether oxygens (including phenoxy) is 2. The quantitative estimate of drug-likeness (QED) is 0.632. The molecule has 6 heteroatoms. The van der Waals surface area contributed by atoms with Crippen LogP contribution in [0, 0.1) is 20.8 Å². The van der Waals surface area contributed by atoms with E-state index in [-0.39, 0.29) is 17.9 Å². The number of nitrogens with one attached hydrogen (secondary N) is 1. The highest BCUT2D eigenvalue weighted by molar-refractivity contribution is 5.86. The first-order valence-electron chi connectivity index (χ1n) is 9.42. The van der Waals surface area contributed by atoms with Gasteiger partial charge in [-0.2, -0.15) is 0 Å². The first-order chi connectivity index (χ1) is 12.5. The van der Waals surface area contributed by atoms with Gasteiger partial charge in [0.1, 0.15) is 11.5 Å². The number of carbonyl (C=O) groups is 2. The molecule has 1 aliphatic rings. The standard InChI is InChI=1S/C21H32N2O4/c1-12(23(7)8)11-22-20(25)21(6)10-9-17-15(4)18(26-16(5)24)13(2)14(3)19(17)27-21/h12H,9-11H2,1-8H3,(H,22,25). The second-order valence-electron chi connectivity index (χ2n) is 7.96. The minimum Gasteiger partial charge on any atom is -0.477 e. The average Bonchev–Trinajstić information content (AvgIpc) is 2.60. The second kappa shape index (κ2) is 7.89. The van der Waals surface area contributed by atoms with Crippen LogP contribution in [0.3, 0.4) is 0 Å². The summed E-state index contributed by atoms with van der Waals surface area (Å²) in [6.07, 6.45) is 1.27. The Morgan fingerprint density at radius 2 is 1.85 bits per heavy atom. The van der Waals surface area contributed by atoms with Crippen molar-refractivity contribution in [1.29, 1.82) is 0 Å². The summed E-state index contributed by atoms with van der Waals surface area (Å²) in [7, 11) is 3.98. The number of amides is 1. The average molecular weight is 376 g/mol. The fourth-order valence-electron chi connectivity index (χ4n) is 3.30. The van der Waals surface area contributed by atoms with Crippen LogP contribution in [0.4, 0.5) is 0 Å². The predicted octanol–water partition coefficient (Wildman–Crippen LogP) is 2.69. The van der Waals surface area contributed by atoms with Crippen molar-refractivity contribution in [3.8, 4) is 11.5 Å². The summed E-state index contributed by atoms with van der Waals surface area (Å²) in [4.78, 5) is 26.3. The van der Waals surface area contributed by atoms with Crippen molar-refractivity contribution in [3.05, 3.63) is 22.3 Å². The van der Waals surface area contributed by atoms with Gasteiger partial charge in [0.2, 0.25) is 0 Å². The molecule has 0 spiro atoms. The number of hydrogen-bond acceptors (Lipinski definition) is 5. The Kier molecular flexibility index (Phi) is 6.20. The van der Waals surface area contributed by atoms with E-state index in [0.29, 0.717) is 25.1 Å². The summed E-state index contributed by atoms with van der Waals surface area (Å²) in [6.45, 7) is 11.7. The number of rotatable bonds is 5. The molecule has 0 aromatic heterocycles. The molecular formula is C21H32N2O4. The van der Waals surface area contributed by atoms with Crippen LogP contribution in [0.15, 0.2) is 0 Å². The van der Waals surface area contributed by atoms with E-state index in [4.69, 9.17) is 9.47 Å². The molecule has 1 N–H and O–H groups in total. The molecule has 1 heterocycles. The zero-order valence-electron chi connectivity index (χ0n) is 17.8. The van der Waals surface area contributed by atoms with Gasteiger partial charge in [-0.1, -0.05) is 0 Å². The lowest BCUT2D eigenvalue weighted by Gasteiger charge is -2.37. The molecule has 0 fully saturated rings. The lowest BCUT2D eigenvalue weighted by atomic mass is 9.86. The van der Waals surface area contributed by atoms with E-state index in [1.807, 2.05) is 41.8 Å². The van der Waals surface area contributed by atoms with Gasteiger partial charge in [-0.25, -0.2) is 0 Å². The zero-order valence-corrected chi connectivity index (χ0v) is 17.8. The molecule has 1 aromatic carbocycles. The zero-order chi connectivity index (χ0) is 20.5. The van der Waals surface area contributed by atoms with E-state index < -0.39 is 5.60 Å². The molecule has 0 saturated carbocycles. The van der Waals surface area contributed by atoms with Crippen molar-refractivity contribution in [1.82, 2.24) is 10.2 Å². The molecule has 0 bridgehead atoms. The summed E-state index contributed by atoms with van der Waals surface area (Å²) in [6, 6.07) is 0.242. The third kappa shape index (κ3) is 4.26. The van der Waals surface area contributed by atoms with Crippen molar-refractivity contribution >= 4 is 11.9 Å². The fraction of sp³-hybridized carbons (Fsp3) is 0.619. The van der Waals surface area contributed by atoms with E-state index in [1.165, 1.54) is 6.92 Å². The Hall–Kier alpha value is -2.08. The number of likely N-dealkylation sites (N-methyl/N-ethyl adjacent to an activating group) is 1. The first kappa shape index (κ1) is 21.2. The first-order valence-corrected chi connectivity index (χ1v) is 9.42. The number of esters is 1. The van der Waals surface area contributed by atoms with Gasteiger partial charge in [-0.15, -0.1) is 0 Å². The Morgan fingerprint density at radius 1 is 1.22 bits per heavy atom. The van der Waals surface area contributed by atoms with E-state index in [2.05, 4.69) is 17.1 Å². The monoisotopic (exact) mass is 376 g/mol. The van der Waals surface area contributed by atoms with Gasteiger partial charge >= 0.3 is 5.97 Å². The van der Waals surface area contributed by atoms with Crippen LogP contribution in [-0.2, 0) is 16.0 Å². The number of carbonyl (C=O) groups excluding carboxylic acids is 2.